The molecule has 0 spiro atoms. The number of aromatic nitrogens is 1. The van der Waals surface area contributed by atoms with Gasteiger partial charge in [-0.15, -0.1) is 0 Å². The van der Waals surface area contributed by atoms with Crippen LogP contribution in [-0.4, -0.2) is 4.57 Å². The maximum absolute atomic E-state index is 6.54. The Labute approximate surface area is 401 Å². The first-order valence-electron chi connectivity index (χ1n) is 23.6. The maximum Gasteiger partial charge on any atom is 0.143 e. The second-order valence-electron chi connectivity index (χ2n) is 17.6. The van der Waals surface area contributed by atoms with E-state index in [0.717, 1.165) is 89.2 Å². The van der Waals surface area contributed by atoms with E-state index < -0.39 is 0 Å². The first kappa shape index (κ1) is 40.1. The van der Waals surface area contributed by atoms with Crippen LogP contribution < -0.4 is 4.90 Å². The molecule has 11 aromatic carbocycles. The summed E-state index contributed by atoms with van der Waals surface area (Å²) in [7, 11) is 0. The molecule has 3 nitrogen and oxygen atoms in total. The van der Waals surface area contributed by atoms with Gasteiger partial charge in [0.15, 0.2) is 0 Å². The number of hydrogen-bond acceptors (Lipinski definition) is 2. The van der Waals surface area contributed by atoms with E-state index in [2.05, 4.69) is 264 Å². The van der Waals surface area contributed by atoms with E-state index in [4.69, 9.17) is 4.42 Å². The number of benzene rings is 11. The van der Waals surface area contributed by atoms with E-state index in [1.807, 2.05) is 12.1 Å². The lowest BCUT2D eigenvalue weighted by molar-refractivity contribution is 0.670. The summed E-state index contributed by atoms with van der Waals surface area (Å²) in [5, 5.41) is 4.74. The van der Waals surface area contributed by atoms with Crippen molar-refractivity contribution in [1.82, 2.24) is 4.57 Å². The molecule has 0 bridgehead atoms. The summed E-state index contributed by atoms with van der Waals surface area (Å²) in [6, 6.07) is 96.1. The van der Waals surface area contributed by atoms with Gasteiger partial charge in [0.1, 0.15) is 11.2 Å². The molecule has 0 N–H and O–H groups in total. The van der Waals surface area contributed by atoms with Crippen LogP contribution in [0.1, 0.15) is 0 Å². The highest BCUT2D eigenvalue weighted by atomic mass is 16.3. The molecule has 13 aromatic rings. The maximum atomic E-state index is 6.54. The van der Waals surface area contributed by atoms with Gasteiger partial charge in [0.25, 0.3) is 0 Å². The van der Waals surface area contributed by atoms with Crippen LogP contribution in [0.3, 0.4) is 0 Å². The summed E-state index contributed by atoms with van der Waals surface area (Å²) >= 11 is 0. The number of furan rings is 1. The number of anilines is 3. The van der Waals surface area contributed by atoms with Gasteiger partial charge in [0.05, 0.1) is 16.7 Å². The third-order valence-electron chi connectivity index (χ3n) is 13.6. The van der Waals surface area contributed by atoms with Crippen LogP contribution >= 0.6 is 0 Å². The Hall–Kier alpha value is -9.18. The SMILES string of the molecule is c1ccc(-c2ccc(-c3cccc(N(c4ccc(-c5ccccc5-c5cccc6c5oc5ccccc56)cc4)c4cccc(-c5ccccc5-n5c6ccccc6c6ccccc65)c4)c3)cc2)cc1. The van der Waals surface area contributed by atoms with Gasteiger partial charge < -0.3 is 13.9 Å². The monoisotopic (exact) mass is 880 g/mol. The van der Waals surface area contributed by atoms with Crippen molar-refractivity contribution in [3.05, 3.63) is 267 Å². The molecule has 2 aromatic heterocycles. The van der Waals surface area contributed by atoms with Crippen molar-refractivity contribution in [1.29, 1.82) is 0 Å². The quantitative estimate of drug-likeness (QED) is 0.144. The highest BCUT2D eigenvalue weighted by Gasteiger charge is 2.20. The Morgan fingerprint density at radius 2 is 0.754 bits per heavy atom. The Bertz CT molecular complexity index is 3960. The highest BCUT2D eigenvalue weighted by Crippen LogP contribution is 2.44. The topological polar surface area (TPSA) is 21.3 Å². The zero-order chi connectivity index (χ0) is 45.7. The van der Waals surface area contributed by atoms with Crippen molar-refractivity contribution < 1.29 is 4.42 Å². The molecule has 69 heavy (non-hydrogen) atoms. The lowest BCUT2D eigenvalue weighted by Gasteiger charge is -2.27. The van der Waals surface area contributed by atoms with Gasteiger partial charge in [-0.05, 0) is 105 Å². The standard InChI is InChI=1S/C66H44N2O/c1-2-17-45(18-3-1)46-35-37-47(38-36-46)49-19-14-21-52(43-49)67(51-41-39-48(40-42-51)54-23-4-5-25-56(54)60-29-16-30-61-59-28-9-13-34-65(59)69-66(60)61)53-22-15-20-50(44-53)55-24-6-10-31-62(55)68-63-32-11-7-26-57(63)58-27-8-12-33-64(58)68/h1-44H. The zero-order valence-corrected chi connectivity index (χ0v) is 37.7. The normalized spacial score (nSPS) is 11.5. The van der Waals surface area contributed by atoms with Crippen LogP contribution in [0.2, 0.25) is 0 Å². The van der Waals surface area contributed by atoms with E-state index in [0.29, 0.717) is 0 Å². The van der Waals surface area contributed by atoms with Crippen molar-refractivity contribution in [2.45, 2.75) is 0 Å². The third kappa shape index (κ3) is 7.08. The fourth-order valence-corrected chi connectivity index (χ4v) is 10.4. The number of hydrogen-bond donors (Lipinski definition) is 0. The minimum atomic E-state index is 0.898. The second-order valence-corrected chi connectivity index (χ2v) is 17.6. The summed E-state index contributed by atoms with van der Waals surface area (Å²) in [4.78, 5) is 2.39. The predicted octanol–water partition coefficient (Wildman–Crippen LogP) is 18.5. The minimum absolute atomic E-state index is 0.898. The molecule has 3 heteroatoms. The first-order valence-corrected chi connectivity index (χ1v) is 23.6. The van der Waals surface area contributed by atoms with Gasteiger partial charge in [-0.3, -0.25) is 0 Å². The van der Waals surface area contributed by atoms with E-state index in [9.17, 15) is 0 Å². The molecule has 0 saturated heterocycles. The van der Waals surface area contributed by atoms with Crippen LogP contribution in [-0.2, 0) is 0 Å². The fourth-order valence-electron chi connectivity index (χ4n) is 10.4. The molecule has 0 aliphatic rings. The molecule has 0 atom stereocenters. The molecular formula is C66H44N2O. The lowest BCUT2D eigenvalue weighted by atomic mass is 9.93. The van der Waals surface area contributed by atoms with Crippen LogP contribution in [0, 0.1) is 0 Å². The Balaban J connectivity index is 0.935. The molecule has 0 amide bonds. The molecule has 0 aliphatic carbocycles. The Kier molecular flexibility index (Phi) is 9.84. The van der Waals surface area contributed by atoms with Gasteiger partial charge in [0, 0.05) is 49.7 Å². The summed E-state index contributed by atoms with van der Waals surface area (Å²) < 4.78 is 8.96. The molecule has 0 fully saturated rings. The molecule has 0 unspecified atom stereocenters. The summed E-state index contributed by atoms with van der Waals surface area (Å²) in [5.74, 6) is 0. The third-order valence-corrected chi connectivity index (χ3v) is 13.6. The number of rotatable bonds is 9. The average molecular weight is 881 g/mol. The zero-order valence-electron chi connectivity index (χ0n) is 37.7. The predicted molar refractivity (Wildman–Crippen MR) is 290 cm³/mol. The lowest BCUT2D eigenvalue weighted by Crippen LogP contribution is -2.10. The van der Waals surface area contributed by atoms with Crippen molar-refractivity contribution in [3.8, 4) is 61.3 Å². The molecular weight excluding hydrogens is 837 g/mol. The average Bonchev–Trinajstić information content (AvgIpc) is 3.98. The van der Waals surface area contributed by atoms with Crippen molar-refractivity contribution >= 4 is 60.8 Å². The van der Waals surface area contributed by atoms with Crippen molar-refractivity contribution in [3.63, 3.8) is 0 Å². The van der Waals surface area contributed by atoms with E-state index in [-0.39, 0.29) is 0 Å². The smallest absolute Gasteiger partial charge is 0.143 e. The minimum Gasteiger partial charge on any atom is -0.455 e. The van der Waals surface area contributed by atoms with Gasteiger partial charge in [-0.2, -0.15) is 0 Å². The van der Waals surface area contributed by atoms with Gasteiger partial charge >= 0.3 is 0 Å². The molecule has 0 saturated carbocycles. The number of fused-ring (bicyclic) bond motifs is 6. The summed E-state index contributed by atoms with van der Waals surface area (Å²) in [5.41, 5.74) is 20.0. The molecule has 13 rings (SSSR count). The molecule has 2 heterocycles. The summed E-state index contributed by atoms with van der Waals surface area (Å²) in [6.45, 7) is 0. The van der Waals surface area contributed by atoms with Gasteiger partial charge in [-0.1, -0.05) is 206 Å². The van der Waals surface area contributed by atoms with E-state index >= 15 is 0 Å². The van der Waals surface area contributed by atoms with Crippen LogP contribution in [0.25, 0.3) is 105 Å². The fraction of sp³-hybridized carbons (Fsp3) is 0. The van der Waals surface area contributed by atoms with Crippen molar-refractivity contribution in [2.75, 3.05) is 4.90 Å². The largest absolute Gasteiger partial charge is 0.455 e. The Morgan fingerprint density at radius 3 is 1.48 bits per heavy atom. The molecule has 0 radical (unpaired) electrons. The highest BCUT2D eigenvalue weighted by molar-refractivity contribution is 6.11. The van der Waals surface area contributed by atoms with Gasteiger partial charge in [-0.25, -0.2) is 0 Å². The first-order chi connectivity index (χ1) is 34.2. The van der Waals surface area contributed by atoms with Crippen LogP contribution in [0.5, 0.6) is 0 Å². The number of nitrogens with zero attached hydrogens (tertiary/aromatic N) is 2. The van der Waals surface area contributed by atoms with Crippen molar-refractivity contribution in [2.24, 2.45) is 0 Å². The number of para-hydroxylation sites is 5. The Morgan fingerprint density at radius 1 is 0.275 bits per heavy atom. The second kappa shape index (κ2) is 16.9. The van der Waals surface area contributed by atoms with Crippen LogP contribution in [0.4, 0.5) is 17.1 Å². The van der Waals surface area contributed by atoms with E-state index in [1.165, 1.54) is 32.9 Å². The van der Waals surface area contributed by atoms with E-state index in [1.54, 1.807) is 0 Å². The van der Waals surface area contributed by atoms with Gasteiger partial charge in [0.2, 0.25) is 0 Å². The molecule has 0 aliphatic heterocycles. The molecule has 324 valence electrons. The van der Waals surface area contributed by atoms with Crippen LogP contribution in [0.15, 0.2) is 271 Å². The summed E-state index contributed by atoms with van der Waals surface area (Å²) in [6.07, 6.45) is 0.